The van der Waals surface area contributed by atoms with E-state index < -0.39 is 5.41 Å². The topological polar surface area (TPSA) is 103 Å². The van der Waals surface area contributed by atoms with Gasteiger partial charge in [-0.05, 0) is 55.5 Å². The lowest BCUT2D eigenvalue weighted by Crippen LogP contribution is -2.51. The number of nitrogens with two attached hydrogens (primary N) is 1. The molecule has 8 nitrogen and oxygen atoms in total. The molecule has 1 saturated heterocycles. The van der Waals surface area contributed by atoms with Gasteiger partial charge in [0.05, 0.1) is 31.2 Å². The molecular weight excluding hydrogens is 509 g/mol. The zero-order valence-corrected chi connectivity index (χ0v) is 23.0. The third kappa shape index (κ3) is 5.50. The van der Waals surface area contributed by atoms with E-state index in [4.69, 9.17) is 20.2 Å². The number of aromatic nitrogens is 2. The quantitative estimate of drug-likeness (QED) is 0.320. The van der Waals surface area contributed by atoms with E-state index in [1.165, 1.54) is 12.1 Å². The molecule has 0 saturated carbocycles. The van der Waals surface area contributed by atoms with Gasteiger partial charge < -0.3 is 25.4 Å². The predicted octanol–water partition coefficient (Wildman–Crippen LogP) is 5.08. The lowest BCUT2D eigenvalue weighted by Gasteiger charge is -2.41. The van der Waals surface area contributed by atoms with E-state index in [0.29, 0.717) is 66.5 Å². The number of nitrogen functional groups attached to an aromatic ring is 1. The maximum atomic E-state index is 13.9. The highest BCUT2D eigenvalue weighted by atomic mass is 19.1. The van der Waals surface area contributed by atoms with E-state index in [2.05, 4.69) is 27.3 Å². The first-order valence-corrected chi connectivity index (χ1v) is 13.4. The van der Waals surface area contributed by atoms with Gasteiger partial charge >= 0.3 is 0 Å². The molecule has 40 heavy (non-hydrogen) atoms. The fourth-order valence-electron chi connectivity index (χ4n) is 5.40. The van der Waals surface area contributed by atoms with Crippen LogP contribution in [-0.4, -0.2) is 43.2 Å². The number of rotatable bonds is 8. The van der Waals surface area contributed by atoms with Gasteiger partial charge in [-0.1, -0.05) is 42.5 Å². The number of fused-ring (bicyclic) bond motifs is 1. The molecule has 1 aromatic heterocycles. The van der Waals surface area contributed by atoms with Crippen LogP contribution in [0.5, 0.6) is 11.5 Å². The van der Waals surface area contributed by atoms with Gasteiger partial charge in [0.25, 0.3) is 0 Å². The van der Waals surface area contributed by atoms with E-state index in [1.54, 1.807) is 38.5 Å². The Kier molecular flexibility index (Phi) is 7.73. The Bertz CT molecular complexity index is 1490. The van der Waals surface area contributed by atoms with Gasteiger partial charge in [-0.3, -0.25) is 4.79 Å². The molecule has 1 amide bonds. The zero-order valence-electron chi connectivity index (χ0n) is 23.0. The third-order valence-corrected chi connectivity index (χ3v) is 7.81. The second kappa shape index (κ2) is 11.4. The monoisotopic (exact) mass is 543 g/mol. The maximum absolute atomic E-state index is 13.9. The average molecular weight is 544 g/mol. The van der Waals surface area contributed by atoms with Crippen molar-refractivity contribution in [2.45, 2.75) is 32.2 Å². The number of methoxy groups -OCH3 is 2. The molecule has 208 valence electrons. The summed E-state index contributed by atoms with van der Waals surface area (Å²) < 4.78 is 24.3. The zero-order chi connectivity index (χ0) is 28.3. The Morgan fingerprint density at radius 2 is 1.68 bits per heavy atom. The van der Waals surface area contributed by atoms with Crippen LogP contribution in [0.25, 0.3) is 10.9 Å². The SMILES string of the molecule is COc1cc2nc(N3CCC(Cc4ccccc4)(C(=O)N[C@@H](C)c4ccc(F)cc4)CC3)nc(N)c2cc1OC. The molecule has 1 aliphatic rings. The lowest BCUT2D eigenvalue weighted by molar-refractivity contribution is -0.133. The molecule has 9 heteroatoms. The number of carbonyl (C=O) groups is 1. The fraction of sp³-hybridized carbons (Fsp3) is 0.323. The van der Waals surface area contributed by atoms with Crippen molar-refractivity contribution >= 4 is 28.6 Å². The minimum absolute atomic E-state index is 0.0106. The Labute approximate surface area is 233 Å². The summed E-state index contributed by atoms with van der Waals surface area (Å²) in [6.45, 7) is 3.10. The van der Waals surface area contributed by atoms with Crippen LogP contribution in [0.2, 0.25) is 0 Å². The number of halogens is 1. The van der Waals surface area contributed by atoms with Crippen LogP contribution in [0.1, 0.15) is 36.9 Å². The van der Waals surface area contributed by atoms with E-state index in [-0.39, 0.29) is 17.8 Å². The summed E-state index contributed by atoms with van der Waals surface area (Å²) in [5.41, 5.74) is 8.34. The number of piperidine rings is 1. The summed E-state index contributed by atoms with van der Waals surface area (Å²) in [5, 5.41) is 3.89. The van der Waals surface area contributed by atoms with Crippen LogP contribution in [0.3, 0.4) is 0 Å². The maximum Gasteiger partial charge on any atom is 0.227 e. The number of anilines is 2. The Hall–Kier alpha value is -4.40. The number of amides is 1. The summed E-state index contributed by atoms with van der Waals surface area (Å²) in [7, 11) is 3.15. The number of ether oxygens (including phenoxy) is 2. The van der Waals surface area contributed by atoms with Crippen LogP contribution in [0.15, 0.2) is 66.7 Å². The highest BCUT2D eigenvalue weighted by Crippen LogP contribution is 2.39. The molecule has 1 aliphatic heterocycles. The summed E-state index contributed by atoms with van der Waals surface area (Å²) >= 11 is 0. The molecule has 1 fully saturated rings. The smallest absolute Gasteiger partial charge is 0.227 e. The predicted molar refractivity (Wildman–Crippen MR) is 154 cm³/mol. The van der Waals surface area contributed by atoms with Gasteiger partial charge in [-0.15, -0.1) is 0 Å². The number of nitrogens with one attached hydrogen (secondary N) is 1. The standard InChI is InChI=1S/C31H34FN5O3/c1-20(22-9-11-23(32)12-10-22)34-29(38)31(19-21-7-5-4-6-8-21)13-15-37(16-14-31)30-35-25-18-27(40-3)26(39-2)17-24(25)28(33)36-30/h4-12,17-18,20H,13-16,19H2,1-3H3,(H,34,38)(H2,33,35,36)/t20-/m0/s1. The molecule has 0 aliphatic carbocycles. The number of carbonyl (C=O) groups excluding carboxylic acids is 1. The van der Waals surface area contributed by atoms with Gasteiger partial charge in [0.15, 0.2) is 11.5 Å². The fourth-order valence-corrected chi connectivity index (χ4v) is 5.40. The van der Waals surface area contributed by atoms with Crippen LogP contribution in [-0.2, 0) is 11.2 Å². The van der Waals surface area contributed by atoms with Crippen molar-refractivity contribution in [2.75, 3.05) is 37.9 Å². The van der Waals surface area contributed by atoms with E-state index in [0.717, 1.165) is 11.1 Å². The minimum Gasteiger partial charge on any atom is -0.493 e. The molecule has 0 unspecified atom stereocenters. The Balaban J connectivity index is 1.39. The summed E-state index contributed by atoms with van der Waals surface area (Å²) in [5.74, 6) is 1.68. The molecule has 0 bridgehead atoms. The molecule has 0 radical (unpaired) electrons. The number of benzene rings is 3. The van der Waals surface area contributed by atoms with Crippen LogP contribution < -0.4 is 25.4 Å². The van der Waals surface area contributed by atoms with Crippen molar-refractivity contribution in [1.82, 2.24) is 15.3 Å². The van der Waals surface area contributed by atoms with Gasteiger partial charge in [0.2, 0.25) is 11.9 Å². The van der Waals surface area contributed by atoms with Crippen molar-refractivity contribution in [1.29, 1.82) is 0 Å². The molecule has 5 rings (SSSR count). The van der Waals surface area contributed by atoms with Crippen LogP contribution in [0, 0.1) is 11.2 Å². The highest BCUT2D eigenvalue weighted by molar-refractivity contribution is 5.92. The molecule has 3 N–H and O–H groups in total. The average Bonchev–Trinajstić information content (AvgIpc) is 2.97. The van der Waals surface area contributed by atoms with Gasteiger partial charge in [-0.2, -0.15) is 4.98 Å². The Morgan fingerprint density at radius 1 is 1.02 bits per heavy atom. The van der Waals surface area contributed by atoms with Crippen molar-refractivity contribution in [2.24, 2.45) is 5.41 Å². The molecular formula is C31H34FN5O3. The van der Waals surface area contributed by atoms with Gasteiger partial charge in [0.1, 0.15) is 11.6 Å². The van der Waals surface area contributed by atoms with Crippen LogP contribution >= 0.6 is 0 Å². The highest BCUT2D eigenvalue weighted by Gasteiger charge is 2.42. The van der Waals surface area contributed by atoms with Gasteiger partial charge in [-0.25, -0.2) is 9.37 Å². The van der Waals surface area contributed by atoms with Crippen molar-refractivity contribution in [3.8, 4) is 11.5 Å². The van der Waals surface area contributed by atoms with E-state index >= 15 is 0 Å². The van der Waals surface area contributed by atoms with Crippen LogP contribution in [0.4, 0.5) is 16.2 Å². The molecule has 4 aromatic rings. The van der Waals surface area contributed by atoms with E-state index in [1.807, 2.05) is 25.1 Å². The first kappa shape index (κ1) is 27.2. The molecule has 1 atom stereocenters. The third-order valence-electron chi connectivity index (χ3n) is 7.81. The van der Waals surface area contributed by atoms with Crippen molar-refractivity contribution in [3.05, 3.63) is 83.7 Å². The van der Waals surface area contributed by atoms with Crippen molar-refractivity contribution in [3.63, 3.8) is 0 Å². The summed E-state index contributed by atoms with van der Waals surface area (Å²) in [6, 6.07) is 19.6. The molecule has 3 aromatic carbocycles. The minimum atomic E-state index is -0.620. The van der Waals surface area contributed by atoms with Gasteiger partial charge in [0, 0.05) is 24.5 Å². The number of hydrogen-bond donors (Lipinski definition) is 2. The first-order valence-electron chi connectivity index (χ1n) is 13.4. The first-order chi connectivity index (χ1) is 19.3. The van der Waals surface area contributed by atoms with E-state index in [9.17, 15) is 9.18 Å². The second-order valence-electron chi connectivity index (χ2n) is 10.3. The summed E-state index contributed by atoms with van der Waals surface area (Å²) in [4.78, 5) is 25.3. The number of nitrogens with zero attached hydrogens (tertiary/aromatic N) is 3. The number of hydrogen-bond acceptors (Lipinski definition) is 7. The largest absolute Gasteiger partial charge is 0.493 e. The summed E-state index contributed by atoms with van der Waals surface area (Å²) in [6.07, 6.45) is 1.83. The van der Waals surface area contributed by atoms with Crippen molar-refractivity contribution < 1.29 is 18.7 Å². The molecule has 0 spiro atoms. The Morgan fingerprint density at radius 3 is 2.33 bits per heavy atom. The normalized spacial score (nSPS) is 15.4. The second-order valence-corrected chi connectivity index (χ2v) is 10.3. The molecule has 2 heterocycles. The lowest BCUT2D eigenvalue weighted by atomic mass is 9.72.